The van der Waals surface area contributed by atoms with Gasteiger partial charge in [0.2, 0.25) is 0 Å². The summed E-state index contributed by atoms with van der Waals surface area (Å²) in [4.78, 5) is 10.2. The molecule has 0 saturated heterocycles. The zero-order valence-electron chi connectivity index (χ0n) is 11.0. The molecule has 0 saturated carbocycles. The number of anilines is 1. The summed E-state index contributed by atoms with van der Waals surface area (Å²) in [5, 5.41) is 18.9. The van der Waals surface area contributed by atoms with Crippen molar-refractivity contribution in [1.82, 2.24) is 0 Å². The molecule has 2 rings (SSSR count). The van der Waals surface area contributed by atoms with Gasteiger partial charge in [0.15, 0.2) is 5.75 Å². The highest BCUT2D eigenvalue weighted by Gasteiger charge is 2.10. The van der Waals surface area contributed by atoms with Crippen molar-refractivity contribution in [3.8, 4) is 5.75 Å². The van der Waals surface area contributed by atoms with Gasteiger partial charge in [-0.1, -0.05) is 29.0 Å². The summed E-state index contributed by atoms with van der Waals surface area (Å²) < 4.78 is 5.07. The second-order valence-electron chi connectivity index (χ2n) is 3.90. The number of benzene rings is 2. The number of rotatable bonds is 5. The van der Waals surface area contributed by atoms with E-state index in [0.717, 1.165) is 0 Å². The van der Waals surface area contributed by atoms with Gasteiger partial charge in [0.25, 0.3) is 5.69 Å². The number of hydrogen-bond donors (Lipinski definition) is 1. The van der Waals surface area contributed by atoms with E-state index in [0.29, 0.717) is 22.1 Å². The Balaban J connectivity index is 2.16. The maximum Gasteiger partial charge on any atom is 0.273 e. The lowest BCUT2D eigenvalue weighted by Gasteiger charge is -2.06. The summed E-state index contributed by atoms with van der Waals surface area (Å²) in [6.07, 6.45) is 0. The molecule has 21 heavy (non-hydrogen) atoms. The van der Waals surface area contributed by atoms with Crippen molar-refractivity contribution in [3.63, 3.8) is 0 Å². The van der Waals surface area contributed by atoms with Crippen LogP contribution in [0.3, 0.4) is 0 Å². The average molecular weight is 307 g/mol. The van der Waals surface area contributed by atoms with Crippen LogP contribution in [-0.2, 0) is 0 Å². The van der Waals surface area contributed by atoms with Crippen molar-refractivity contribution in [2.75, 3.05) is 12.5 Å². The van der Waals surface area contributed by atoms with Crippen LogP contribution in [0, 0.1) is 10.1 Å². The van der Waals surface area contributed by atoms with Crippen LogP contribution in [0.1, 0.15) is 0 Å². The predicted octanol–water partition coefficient (Wildman–Crippen LogP) is 4.37. The van der Waals surface area contributed by atoms with Gasteiger partial charge < -0.3 is 4.74 Å². The van der Waals surface area contributed by atoms with E-state index in [1.54, 1.807) is 24.3 Å². The molecule has 0 unspecified atom stereocenters. The van der Waals surface area contributed by atoms with Crippen molar-refractivity contribution in [2.24, 2.45) is 10.3 Å². The first-order valence-corrected chi connectivity index (χ1v) is 6.23. The molecule has 108 valence electrons. The smallest absolute Gasteiger partial charge is 0.273 e. The predicted molar refractivity (Wildman–Crippen MR) is 79.2 cm³/mol. The van der Waals surface area contributed by atoms with Gasteiger partial charge in [0.1, 0.15) is 11.4 Å². The number of nitro benzene ring substituents is 1. The zero-order valence-corrected chi connectivity index (χ0v) is 11.7. The minimum absolute atomic E-state index is 0.0690. The van der Waals surface area contributed by atoms with Crippen molar-refractivity contribution < 1.29 is 9.66 Å². The molecule has 0 aliphatic rings. The maximum absolute atomic E-state index is 10.7. The molecular weight excluding hydrogens is 296 g/mol. The Bertz CT molecular complexity index is 691. The van der Waals surface area contributed by atoms with Gasteiger partial charge in [0.05, 0.1) is 23.1 Å². The molecule has 7 nitrogen and oxygen atoms in total. The molecule has 0 aliphatic heterocycles. The summed E-state index contributed by atoms with van der Waals surface area (Å²) in [6.45, 7) is 0. The van der Waals surface area contributed by atoms with Crippen LogP contribution in [0.15, 0.2) is 52.8 Å². The van der Waals surface area contributed by atoms with Crippen LogP contribution in [-0.4, -0.2) is 12.0 Å². The molecule has 0 atom stereocenters. The minimum Gasteiger partial charge on any atom is -0.494 e. The molecule has 1 N–H and O–H groups in total. The molecule has 0 spiro atoms. The monoisotopic (exact) mass is 306 g/mol. The van der Waals surface area contributed by atoms with Gasteiger partial charge in [-0.25, -0.2) is 0 Å². The fraction of sp³-hybridized carbons (Fsp3) is 0.0769. The second kappa shape index (κ2) is 6.67. The summed E-state index contributed by atoms with van der Waals surface area (Å²) in [5.74, 6) is 0.294. The molecule has 0 radical (unpaired) electrons. The Labute approximate surface area is 125 Å². The van der Waals surface area contributed by atoms with E-state index in [4.69, 9.17) is 16.3 Å². The second-order valence-corrected chi connectivity index (χ2v) is 4.31. The number of nitro groups is 1. The van der Waals surface area contributed by atoms with Gasteiger partial charge in [-0.05, 0) is 18.2 Å². The normalized spacial score (nSPS) is 10.6. The number of methoxy groups -OCH3 is 1. The number of nitrogens with zero attached hydrogens (tertiary/aromatic N) is 3. The number of nitrogens with one attached hydrogen (secondary N) is 1. The quantitative estimate of drug-likeness (QED) is 0.504. The first-order valence-electron chi connectivity index (χ1n) is 5.85. The van der Waals surface area contributed by atoms with E-state index in [9.17, 15) is 10.1 Å². The maximum atomic E-state index is 10.7. The summed E-state index contributed by atoms with van der Waals surface area (Å²) in [6, 6.07) is 11.1. The largest absolute Gasteiger partial charge is 0.494 e. The first-order chi connectivity index (χ1) is 10.1. The molecule has 2 aromatic carbocycles. The third-order valence-corrected chi connectivity index (χ3v) is 2.90. The topological polar surface area (TPSA) is 89.1 Å². The van der Waals surface area contributed by atoms with Crippen LogP contribution in [0.4, 0.5) is 17.1 Å². The molecule has 0 fully saturated rings. The van der Waals surface area contributed by atoms with Gasteiger partial charge in [0, 0.05) is 6.07 Å². The minimum atomic E-state index is -0.502. The lowest BCUT2D eigenvalue weighted by atomic mass is 10.2. The Kier molecular flexibility index (Phi) is 4.68. The molecule has 0 aromatic heterocycles. The van der Waals surface area contributed by atoms with E-state index in [2.05, 4.69) is 15.8 Å². The Hall–Kier alpha value is -2.67. The Morgan fingerprint density at radius 2 is 2.05 bits per heavy atom. The standard InChI is InChI=1S/C13H11ClN4O3/c1-21-13-8-9(18(19)20)6-7-12(13)16-17-15-11-5-3-2-4-10(11)14/h2-8H,1H3,(H,15,16). The van der Waals surface area contributed by atoms with Gasteiger partial charge in [-0.15, -0.1) is 5.11 Å². The average Bonchev–Trinajstić information content (AvgIpc) is 2.49. The zero-order chi connectivity index (χ0) is 15.2. The fourth-order valence-electron chi connectivity index (χ4n) is 1.55. The molecule has 0 amide bonds. The fourth-order valence-corrected chi connectivity index (χ4v) is 1.72. The van der Waals surface area contributed by atoms with E-state index in [1.807, 2.05) is 0 Å². The van der Waals surface area contributed by atoms with Crippen LogP contribution >= 0.6 is 11.6 Å². The van der Waals surface area contributed by atoms with Crippen LogP contribution in [0.2, 0.25) is 5.02 Å². The molecule has 0 bridgehead atoms. The van der Waals surface area contributed by atoms with Crippen molar-refractivity contribution >= 4 is 28.7 Å². The van der Waals surface area contributed by atoms with Gasteiger partial charge in [-0.2, -0.15) is 0 Å². The number of ether oxygens (including phenoxy) is 1. The lowest BCUT2D eigenvalue weighted by molar-refractivity contribution is -0.384. The van der Waals surface area contributed by atoms with Crippen molar-refractivity contribution in [1.29, 1.82) is 0 Å². The number of hydrogen-bond acceptors (Lipinski definition) is 5. The Morgan fingerprint density at radius 3 is 2.71 bits per heavy atom. The number of halogens is 1. The van der Waals surface area contributed by atoms with Gasteiger partial charge >= 0.3 is 0 Å². The van der Waals surface area contributed by atoms with E-state index >= 15 is 0 Å². The molecule has 2 aromatic rings. The van der Waals surface area contributed by atoms with Crippen molar-refractivity contribution in [3.05, 3.63) is 57.6 Å². The third-order valence-electron chi connectivity index (χ3n) is 2.58. The number of non-ortho nitro benzene ring substituents is 1. The first kappa shape index (κ1) is 14.7. The Morgan fingerprint density at radius 1 is 1.29 bits per heavy atom. The van der Waals surface area contributed by atoms with Crippen LogP contribution in [0.5, 0.6) is 5.75 Å². The van der Waals surface area contributed by atoms with Crippen molar-refractivity contribution in [2.45, 2.75) is 0 Å². The highest BCUT2D eigenvalue weighted by Crippen LogP contribution is 2.29. The molecule has 0 heterocycles. The molecule has 0 aliphatic carbocycles. The van der Waals surface area contributed by atoms with Crippen LogP contribution < -0.4 is 10.2 Å². The molecule has 8 heteroatoms. The van der Waals surface area contributed by atoms with E-state index in [-0.39, 0.29) is 5.69 Å². The highest BCUT2D eigenvalue weighted by atomic mass is 35.5. The van der Waals surface area contributed by atoms with E-state index in [1.165, 1.54) is 25.3 Å². The summed E-state index contributed by atoms with van der Waals surface area (Å²) >= 11 is 5.94. The molecular formula is C13H11ClN4O3. The van der Waals surface area contributed by atoms with Crippen LogP contribution in [0.25, 0.3) is 0 Å². The lowest BCUT2D eigenvalue weighted by Crippen LogP contribution is -1.95. The third kappa shape index (κ3) is 3.67. The summed E-state index contributed by atoms with van der Waals surface area (Å²) in [7, 11) is 1.41. The highest BCUT2D eigenvalue weighted by molar-refractivity contribution is 6.32. The summed E-state index contributed by atoms with van der Waals surface area (Å²) in [5.41, 5.74) is 3.55. The SMILES string of the molecule is COc1cc([N+](=O)[O-])ccc1NN=Nc1ccccc1Cl. The van der Waals surface area contributed by atoms with Gasteiger partial charge in [-0.3, -0.25) is 15.5 Å². The van der Waals surface area contributed by atoms with E-state index < -0.39 is 4.92 Å².